The molecule has 1 saturated carbocycles. The summed E-state index contributed by atoms with van der Waals surface area (Å²) in [5.41, 5.74) is 3.08. The number of nitrogens with zero attached hydrogens (tertiary/aromatic N) is 1. The van der Waals surface area contributed by atoms with Crippen LogP contribution in [0.5, 0.6) is 0 Å². The van der Waals surface area contributed by atoms with E-state index < -0.39 is 0 Å². The molecule has 1 heterocycles. The lowest BCUT2D eigenvalue weighted by Crippen LogP contribution is -2.37. The molecule has 3 nitrogen and oxygen atoms in total. The summed E-state index contributed by atoms with van der Waals surface area (Å²) < 4.78 is 5.37. The second-order valence-electron chi connectivity index (χ2n) is 5.96. The van der Waals surface area contributed by atoms with Crippen LogP contribution in [0.15, 0.2) is 24.3 Å². The smallest absolute Gasteiger partial charge is 0.0594 e. The van der Waals surface area contributed by atoms with E-state index in [4.69, 9.17) is 4.74 Å². The summed E-state index contributed by atoms with van der Waals surface area (Å²) in [6.45, 7) is 7.34. The molecular formula is C17H26N2O. The highest BCUT2D eigenvalue weighted by Gasteiger charge is 2.25. The van der Waals surface area contributed by atoms with Gasteiger partial charge in [0, 0.05) is 19.6 Å². The van der Waals surface area contributed by atoms with Crippen LogP contribution < -0.4 is 5.32 Å². The fourth-order valence-electron chi connectivity index (χ4n) is 2.96. The van der Waals surface area contributed by atoms with Gasteiger partial charge in [0.1, 0.15) is 0 Å². The summed E-state index contributed by atoms with van der Waals surface area (Å²) in [5.74, 6) is 0.848. The normalized spacial score (nSPS) is 20.2. The molecule has 1 saturated heterocycles. The molecule has 2 fully saturated rings. The minimum absolute atomic E-state index is 0.848. The number of hydrogen-bond donors (Lipinski definition) is 1. The molecule has 0 atom stereocenters. The zero-order valence-corrected chi connectivity index (χ0v) is 12.3. The van der Waals surface area contributed by atoms with E-state index in [2.05, 4.69) is 34.5 Å². The van der Waals surface area contributed by atoms with E-state index in [0.717, 1.165) is 45.3 Å². The summed E-state index contributed by atoms with van der Waals surface area (Å²) in [7, 11) is 0. The molecule has 1 aliphatic heterocycles. The maximum atomic E-state index is 5.37. The average Bonchev–Trinajstić information content (AvgIpc) is 3.33. The van der Waals surface area contributed by atoms with Gasteiger partial charge in [-0.05, 0) is 49.4 Å². The van der Waals surface area contributed by atoms with Gasteiger partial charge < -0.3 is 10.1 Å². The molecule has 1 aromatic rings. The second kappa shape index (κ2) is 7.21. The van der Waals surface area contributed by atoms with Crippen LogP contribution in [-0.4, -0.2) is 44.3 Å². The van der Waals surface area contributed by atoms with Crippen LogP contribution in [0.4, 0.5) is 0 Å². The monoisotopic (exact) mass is 274 g/mol. The summed E-state index contributed by atoms with van der Waals surface area (Å²) >= 11 is 0. The molecule has 1 N–H and O–H groups in total. The molecule has 0 amide bonds. The Bertz CT molecular complexity index is 411. The molecule has 2 aliphatic rings. The third-order valence-corrected chi connectivity index (χ3v) is 4.32. The SMILES string of the molecule is c1ccc(C2CC2)c(CNCCCN2CCOCC2)c1. The number of ether oxygens (including phenoxy) is 1. The Balaban J connectivity index is 1.35. The quantitative estimate of drug-likeness (QED) is 0.773. The van der Waals surface area contributed by atoms with Crippen LogP contribution in [0.1, 0.15) is 36.3 Å². The standard InChI is InChI=1S/C17H26N2O/c1-2-5-17(15-6-7-15)16(4-1)14-18-8-3-9-19-10-12-20-13-11-19/h1-2,4-5,15,18H,3,6-14H2. The van der Waals surface area contributed by atoms with Crippen molar-refractivity contribution in [3.63, 3.8) is 0 Å². The lowest BCUT2D eigenvalue weighted by atomic mass is 10.0. The van der Waals surface area contributed by atoms with Crippen molar-refractivity contribution in [3.8, 4) is 0 Å². The minimum atomic E-state index is 0.848. The number of rotatable bonds is 7. The van der Waals surface area contributed by atoms with Crippen LogP contribution in [0.3, 0.4) is 0 Å². The van der Waals surface area contributed by atoms with Crippen LogP contribution in [0.2, 0.25) is 0 Å². The van der Waals surface area contributed by atoms with Crippen molar-refractivity contribution < 1.29 is 4.74 Å². The van der Waals surface area contributed by atoms with E-state index in [1.54, 1.807) is 5.56 Å². The van der Waals surface area contributed by atoms with Crippen LogP contribution in [0, 0.1) is 0 Å². The molecule has 0 aromatic heterocycles. The number of hydrogen-bond acceptors (Lipinski definition) is 3. The first kappa shape index (κ1) is 14.1. The average molecular weight is 274 g/mol. The molecule has 0 spiro atoms. The molecule has 0 bridgehead atoms. The highest BCUT2D eigenvalue weighted by molar-refractivity contribution is 5.33. The van der Waals surface area contributed by atoms with Crippen LogP contribution in [0.25, 0.3) is 0 Å². The predicted molar refractivity (Wildman–Crippen MR) is 82.0 cm³/mol. The largest absolute Gasteiger partial charge is 0.379 e. The van der Waals surface area contributed by atoms with Crippen molar-refractivity contribution in [2.75, 3.05) is 39.4 Å². The van der Waals surface area contributed by atoms with Crippen molar-refractivity contribution in [2.24, 2.45) is 0 Å². The molecule has 0 unspecified atom stereocenters. The van der Waals surface area contributed by atoms with Gasteiger partial charge in [0.05, 0.1) is 13.2 Å². The van der Waals surface area contributed by atoms with Gasteiger partial charge in [0.2, 0.25) is 0 Å². The summed E-state index contributed by atoms with van der Waals surface area (Å²) in [5, 5.41) is 3.61. The summed E-state index contributed by atoms with van der Waals surface area (Å²) in [4.78, 5) is 2.50. The van der Waals surface area contributed by atoms with E-state index in [1.165, 1.54) is 31.4 Å². The molecule has 1 aromatic carbocycles. The van der Waals surface area contributed by atoms with Crippen LogP contribution >= 0.6 is 0 Å². The van der Waals surface area contributed by atoms with Gasteiger partial charge in [-0.15, -0.1) is 0 Å². The Morgan fingerprint density at radius 3 is 2.75 bits per heavy atom. The number of morpholine rings is 1. The Labute approximate surface area is 122 Å². The minimum Gasteiger partial charge on any atom is -0.379 e. The summed E-state index contributed by atoms with van der Waals surface area (Å²) in [6.07, 6.45) is 3.99. The molecule has 0 radical (unpaired) electrons. The van der Waals surface area contributed by atoms with Crippen molar-refractivity contribution >= 4 is 0 Å². The van der Waals surface area contributed by atoms with E-state index in [-0.39, 0.29) is 0 Å². The number of benzene rings is 1. The Morgan fingerprint density at radius 2 is 1.95 bits per heavy atom. The maximum Gasteiger partial charge on any atom is 0.0594 e. The van der Waals surface area contributed by atoms with Crippen molar-refractivity contribution in [1.82, 2.24) is 10.2 Å². The topological polar surface area (TPSA) is 24.5 Å². The Kier molecular flexibility index (Phi) is 5.06. The fraction of sp³-hybridized carbons (Fsp3) is 0.647. The second-order valence-corrected chi connectivity index (χ2v) is 5.96. The summed E-state index contributed by atoms with van der Waals surface area (Å²) in [6, 6.07) is 8.93. The zero-order valence-electron chi connectivity index (χ0n) is 12.3. The Morgan fingerprint density at radius 1 is 1.15 bits per heavy atom. The predicted octanol–water partition coefficient (Wildman–Crippen LogP) is 2.38. The van der Waals surface area contributed by atoms with Crippen molar-refractivity contribution in [3.05, 3.63) is 35.4 Å². The first-order chi connectivity index (χ1) is 9.93. The molecule has 3 heteroatoms. The maximum absolute atomic E-state index is 5.37. The van der Waals surface area contributed by atoms with Crippen molar-refractivity contribution in [1.29, 1.82) is 0 Å². The highest BCUT2D eigenvalue weighted by atomic mass is 16.5. The third-order valence-electron chi connectivity index (χ3n) is 4.32. The first-order valence-electron chi connectivity index (χ1n) is 8.02. The van der Waals surface area contributed by atoms with Gasteiger partial charge >= 0.3 is 0 Å². The number of nitrogens with one attached hydrogen (secondary N) is 1. The molecule has 3 rings (SSSR count). The fourth-order valence-corrected chi connectivity index (χ4v) is 2.96. The molecular weight excluding hydrogens is 248 g/mol. The van der Waals surface area contributed by atoms with E-state index in [9.17, 15) is 0 Å². The lowest BCUT2D eigenvalue weighted by Gasteiger charge is -2.26. The van der Waals surface area contributed by atoms with E-state index in [1.807, 2.05) is 0 Å². The third kappa shape index (κ3) is 4.05. The van der Waals surface area contributed by atoms with E-state index >= 15 is 0 Å². The van der Waals surface area contributed by atoms with Gasteiger partial charge in [-0.2, -0.15) is 0 Å². The van der Waals surface area contributed by atoms with Crippen LogP contribution in [-0.2, 0) is 11.3 Å². The van der Waals surface area contributed by atoms with Gasteiger partial charge in [0.25, 0.3) is 0 Å². The molecule has 20 heavy (non-hydrogen) atoms. The van der Waals surface area contributed by atoms with Gasteiger partial charge in [-0.25, -0.2) is 0 Å². The molecule has 1 aliphatic carbocycles. The van der Waals surface area contributed by atoms with E-state index in [0.29, 0.717) is 0 Å². The first-order valence-corrected chi connectivity index (χ1v) is 8.02. The van der Waals surface area contributed by atoms with Gasteiger partial charge in [0.15, 0.2) is 0 Å². The zero-order chi connectivity index (χ0) is 13.6. The highest BCUT2D eigenvalue weighted by Crippen LogP contribution is 2.41. The van der Waals surface area contributed by atoms with Crippen molar-refractivity contribution in [2.45, 2.75) is 31.7 Å². The van der Waals surface area contributed by atoms with Gasteiger partial charge in [-0.3, -0.25) is 4.90 Å². The molecule has 110 valence electrons. The lowest BCUT2D eigenvalue weighted by molar-refractivity contribution is 0.0374. The Hall–Kier alpha value is -0.900. The van der Waals surface area contributed by atoms with Gasteiger partial charge in [-0.1, -0.05) is 24.3 Å².